The fraction of sp³-hybridized carbons (Fsp3) is 0.265. The number of nitrogens with zero attached hydrogens (tertiary/aromatic N) is 6. The number of rotatable bonds is 3. The van der Waals surface area contributed by atoms with Gasteiger partial charge in [0.15, 0.2) is 5.65 Å². The van der Waals surface area contributed by atoms with Crippen LogP contribution < -0.4 is 20.3 Å². The van der Waals surface area contributed by atoms with Crippen molar-refractivity contribution in [2.24, 2.45) is 0 Å². The molecule has 2 amide bonds. The highest BCUT2D eigenvalue weighted by Crippen LogP contribution is 2.33. The monoisotopic (exact) mass is 656 g/mol. The third-order valence-electron chi connectivity index (χ3n) is 7.59. The molecule has 0 saturated carbocycles. The number of imidazole rings is 2. The maximum atomic E-state index is 13.8. The molecule has 0 unspecified atom stereocenters. The molecule has 2 N–H and O–H groups in total. The number of likely N-dealkylation sites (N-methyl/N-ethyl adjacent to an activating group) is 1. The second-order valence-corrected chi connectivity index (χ2v) is 11.3. The first-order valence-electron chi connectivity index (χ1n) is 15.2. The normalized spacial score (nSPS) is 14.3. The number of nitrogens with one attached hydrogen (secondary N) is 2. The van der Waals surface area contributed by atoms with Gasteiger partial charge in [0.25, 0.3) is 5.91 Å². The number of anilines is 2. The molecule has 0 radical (unpaired) electrons. The summed E-state index contributed by atoms with van der Waals surface area (Å²) in [5.41, 5.74) is 1.46. The summed E-state index contributed by atoms with van der Waals surface area (Å²) in [6.07, 6.45) is 1.42. The predicted molar refractivity (Wildman–Crippen MR) is 172 cm³/mol. The van der Waals surface area contributed by atoms with Gasteiger partial charge in [0.1, 0.15) is 17.3 Å². The van der Waals surface area contributed by atoms with Crippen molar-refractivity contribution in [2.45, 2.75) is 32.4 Å². The van der Waals surface area contributed by atoms with Gasteiger partial charge in [-0.15, -0.1) is 5.10 Å². The van der Waals surface area contributed by atoms with Crippen LogP contribution in [0.5, 0.6) is 5.75 Å². The van der Waals surface area contributed by atoms with Crippen molar-refractivity contribution in [3.8, 4) is 23.3 Å². The first-order valence-corrected chi connectivity index (χ1v) is 15.2. The first-order chi connectivity index (χ1) is 23.0. The number of alkyl halides is 3. The molecular weight excluding hydrogens is 625 g/mol. The molecule has 5 aromatic rings. The van der Waals surface area contributed by atoms with Gasteiger partial charge in [0, 0.05) is 55.3 Å². The molecule has 11 nitrogen and oxygen atoms in total. The van der Waals surface area contributed by atoms with E-state index in [1.165, 1.54) is 29.1 Å². The van der Waals surface area contributed by atoms with Crippen molar-refractivity contribution in [3.05, 3.63) is 95.3 Å². The van der Waals surface area contributed by atoms with Crippen molar-refractivity contribution < 1.29 is 27.5 Å². The Labute approximate surface area is 273 Å². The number of aryl methyl sites for hydroxylation is 1. The molecular formula is C34H31F3N8O3. The van der Waals surface area contributed by atoms with E-state index in [0.29, 0.717) is 66.5 Å². The number of amides is 2. The molecule has 6 rings (SSSR count). The van der Waals surface area contributed by atoms with Crippen LogP contribution in [0, 0.1) is 18.8 Å². The lowest BCUT2D eigenvalue weighted by molar-refractivity contribution is -0.137. The minimum atomic E-state index is -4.65. The zero-order valence-corrected chi connectivity index (χ0v) is 26.1. The van der Waals surface area contributed by atoms with Gasteiger partial charge in [-0.2, -0.15) is 13.2 Å². The predicted octanol–water partition coefficient (Wildman–Crippen LogP) is 5.01. The number of carbonyl (C=O) groups is 2. The molecule has 0 fully saturated rings. The average Bonchev–Trinajstić information content (AvgIpc) is 3.68. The van der Waals surface area contributed by atoms with Crippen molar-refractivity contribution in [3.63, 3.8) is 0 Å². The summed E-state index contributed by atoms with van der Waals surface area (Å²) in [5, 5.41) is 10.2. The molecule has 3 aromatic heterocycles. The summed E-state index contributed by atoms with van der Waals surface area (Å²) in [7, 11) is 1.87. The topological polar surface area (TPSA) is 119 Å². The average molecular weight is 657 g/mol. The van der Waals surface area contributed by atoms with Crippen LogP contribution >= 0.6 is 0 Å². The number of carbonyl (C=O) groups excluding carboxylic acids is 2. The van der Waals surface area contributed by atoms with E-state index in [0.717, 1.165) is 12.1 Å². The van der Waals surface area contributed by atoms with Gasteiger partial charge in [-0.3, -0.25) is 9.59 Å². The second kappa shape index (κ2) is 13.5. The Bertz CT molecular complexity index is 2060. The van der Waals surface area contributed by atoms with Crippen LogP contribution in [0.4, 0.5) is 24.7 Å². The highest BCUT2D eigenvalue weighted by Gasteiger charge is 2.31. The van der Waals surface area contributed by atoms with E-state index in [9.17, 15) is 22.8 Å². The molecule has 1 aliphatic heterocycles. The number of hydrogen-bond acceptors (Lipinski definition) is 7. The van der Waals surface area contributed by atoms with Gasteiger partial charge in [-0.1, -0.05) is 5.92 Å². The van der Waals surface area contributed by atoms with Crippen LogP contribution in [-0.2, 0) is 11.0 Å². The van der Waals surface area contributed by atoms with Crippen molar-refractivity contribution in [2.75, 3.05) is 37.0 Å². The van der Waals surface area contributed by atoms with Crippen LogP contribution in [0.25, 0.3) is 11.3 Å². The maximum absolute atomic E-state index is 13.8. The van der Waals surface area contributed by atoms with Crippen LogP contribution in [0.3, 0.4) is 0 Å². The molecule has 0 spiro atoms. The number of benzene rings is 2. The van der Waals surface area contributed by atoms with Crippen LogP contribution in [-0.4, -0.2) is 62.7 Å². The SMILES string of the molecule is Cc1cn(-c2cc(NC(=O)c3cc4cc(c3)OCCCCC(=O)NCCN(C)c3ccc5ncc(n5n3)C#C4)cc(C(F)(F)F)c2)cn1. The van der Waals surface area contributed by atoms with E-state index in [-0.39, 0.29) is 29.5 Å². The largest absolute Gasteiger partial charge is 0.494 e. The Hall–Kier alpha value is -5.84. The summed E-state index contributed by atoms with van der Waals surface area (Å²) in [6, 6.07) is 11.7. The Balaban J connectivity index is 1.35. The Morgan fingerprint density at radius 2 is 1.92 bits per heavy atom. The number of aromatic nitrogens is 5. The zero-order valence-electron chi connectivity index (χ0n) is 26.1. The number of fused-ring (bicyclic) bond motifs is 3. The van der Waals surface area contributed by atoms with E-state index >= 15 is 0 Å². The minimum Gasteiger partial charge on any atom is -0.494 e. The van der Waals surface area contributed by atoms with E-state index in [1.807, 2.05) is 24.1 Å². The fourth-order valence-electron chi connectivity index (χ4n) is 5.08. The molecule has 0 saturated heterocycles. The first kappa shape index (κ1) is 32.1. The van der Waals surface area contributed by atoms with E-state index in [2.05, 4.69) is 37.5 Å². The summed E-state index contributed by atoms with van der Waals surface area (Å²) in [6.45, 7) is 2.99. The lowest BCUT2D eigenvalue weighted by Gasteiger charge is -2.18. The summed E-state index contributed by atoms with van der Waals surface area (Å²) < 4.78 is 50.5. The molecule has 1 aliphatic rings. The van der Waals surface area contributed by atoms with Crippen molar-refractivity contribution >= 4 is 29.0 Å². The summed E-state index contributed by atoms with van der Waals surface area (Å²) in [5.74, 6) is 6.39. The molecule has 0 atom stereocenters. The van der Waals surface area contributed by atoms with E-state index in [4.69, 9.17) is 4.74 Å². The quantitative estimate of drug-likeness (QED) is 0.262. The maximum Gasteiger partial charge on any atom is 0.416 e. The Morgan fingerprint density at radius 3 is 2.71 bits per heavy atom. The number of hydrogen-bond donors (Lipinski definition) is 2. The van der Waals surface area contributed by atoms with Crippen molar-refractivity contribution in [1.29, 1.82) is 0 Å². The zero-order chi connectivity index (χ0) is 33.8. The fourth-order valence-corrected chi connectivity index (χ4v) is 5.08. The third kappa shape index (κ3) is 7.58. The van der Waals surface area contributed by atoms with Gasteiger partial charge < -0.3 is 24.8 Å². The Kier molecular flexibility index (Phi) is 9.02. The van der Waals surface area contributed by atoms with E-state index < -0.39 is 17.6 Å². The van der Waals surface area contributed by atoms with Crippen LogP contribution in [0.2, 0.25) is 0 Å². The molecule has 14 heteroatoms. The lowest BCUT2D eigenvalue weighted by Crippen LogP contribution is -2.33. The summed E-state index contributed by atoms with van der Waals surface area (Å²) >= 11 is 0. The molecule has 48 heavy (non-hydrogen) atoms. The van der Waals surface area contributed by atoms with Crippen molar-refractivity contribution in [1.82, 2.24) is 29.5 Å². The third-order valence-corrected chi connectivity index (χ3v) is 7.59. The van der Waals surface area contributed by atoms with Gasteiger partial charge in [-0.25, -0.2) is 14.5 Å². The van der Waals surface area contributed by atoms with Gasteiger partial charge in [0.05, 0.1) is 30.4 Å². The number of halogens is 3. The molecule has 0 aliphatic carbocycles. The standard InChI is InChI=1S/C34H31F3N8O3/c1-22-20-44(21-40-22)28-17-25(34(35,36)37)16-26(18-28)41-33(47)24-13-23-6-7-27-19-39-30-8-9-31(42-45(27)30)43(2)11-10-38-32(46)5-3-4-12-48-29(14-23)15-24/h8-9,13-21H,3-5,10-12H2,1-2H3,(H,38,46)(H,41,47). The molecule has 4 heterocycles. The smallest absolute Gasteiger partial charge is 0.416 e. The van der Waals surface area contributed by atoms with E-state index in [1.54, 1.807) is 29.9 Å². The summed E-state index contributed by atoms with van der Waals surface area (Å²) in [4.78, 5) is 36.3. The number of ether oxygens (including phenoxy) is 1. The van der Waals surface area contributed by atoms with Gasteiger partial charge >= 0.3 is 6.18 Å². The van der Waals surface area contributed by atoms with Crippen LogP contribution in [0.15, 0.2) is 67.3 Å². The highest BCUT2D eigenvalue weighted by atomic mass is 19.4. The molecule has 246 valence electrons. The van der Waals surface area contributed by atoms with Gasteiger partial charge in [0.2, 0.25) is 5.91 Å². The minimum absolute atomic E-state index is 0.0525. The van der Waals surface area contributed by atoms with Gasteiger partial charge in [-0.05, 0) is 74.2 Å². The van der Waals surface area contributed by atoms with Crippen LogP contribution in [0.1, 0.15) is 52.1 Å². The highest BCUT2D eigenvalue weighted by molar-refractivity contribution is 6.05. The lowest BCUT2D eigenvalue weighted by atomic mass is 10.1. The second-order valence-electron chi connectivity index (χ2n) is 11.3. The molecule has 4 bridgehead atoms. The molecule has 2 aromatic carbocycles. The Morgan fingerprint density at radius 1 is 1.06 bits per heavy atom.